The molecule has 1 aliphatic heterocycles. The highest BCUT2D eigenvalue weighted by atomic mass is 16.5. The number of carbonyl (C=O) groups is 2. The lowest BCUT2D eigenvalue weighted by atomic mass is 10.1. The van der Waals surface area contributed by atoms with Crippen LogP contribution in [0.15, 0.2) is 18.2 Å². The molecule has 0 aliphatic carbocycles. The highest BCUT2D eigenvalue weighted by Gasteiger charge is 2.25. The minimum atomic E-state index is -0.466. The molecule has 1 amide bonds. The number of anilines is 1. The Balaban J connectivity index is 2.36. The average molecular weight is 251 g/mol. The zero-order valence-electron chi connectivity index (χ0n) is 9.88. The third-order valence-corrected chi connectivity index (χ3v) is 2.65. The van der Waals surface area contributed by atoms with Gasteiger partial charge in [-0.15, -0.1) is 0 Å². The Labute approximate surface area is 104 Å². The summed E-state index contributed by atoms with van der Waals surface area (Å²) in [5.74, 6) is -0.250. The number of ether oxygens (including phenoxy) is 2. The Morgan fingerprint density at radius 3 is 3.00 bits per heavy atom. The number of β-amino-alcohol motifs (C(OH)–C–C–N with tert-alkyl or cyclic N) is 1. The number of hydrogen-bond donors (Lipinski definition) is 1. The van der Waals surface area contributed by atoms with Crippen molar-refractivity contribution < 1.29 is 24.2 Å². The Kier molecular flexibility index (Phi) is 3.47. The molecular weight excluding hydrogens is 238 g/mol. The molecule has 0 radical (unpaired) electrons. The molecule has 0 bridgehead atoms. The summed E-state index contributed by atoms with van der Waals surface area (Å²) in [6.07, 6.45) is 0. The summed E-state index contributed by atoms with van der Waals surface area (Å²) in [6, 6.07) is 4.68. The molecule has 0 spiro atoms. The van der Waals surface area contributed by atoms with Crippen LogP contribution in [0, 0.1) is 0 Å². The van der Waals surface area contributed by atoms with Crippen LogP contribution in [0.3, 0.4) is 0 Å². The molecule has 0 fully saturated rings. The molecule has 1 aromatic carbocycles. The quantitative estimate of drug-likeness (QED) is 0.776. The molecule has 0 aromatic heterocycles. The van der Waals surface area contributed by atoms with Crippen molar-refractivity contribution >= 4 is 17.6 Å². The smallest absolute Gasteiger partial charge is 0.337 e. The number of aliphatic hydroxyl groups excluding tert-OH is 1. The maximum atomic E-state index is 11.6. The summed E-state index contributed by atoms with van der Waals surface area (Å²) in [5, 5.41) is 8.93. The van der Waals surface area contributed by atoms with Gasteiger partial charge in [0.15, 0.2) is 6.61 Å². The van der Waals surface area contributed by atoms with Gasteiger partial charge in [0, 0.05) is 6.54 Å². The normalized spacial score (nSPS) is 13.9. The van der Waals surface area contributed by atoms with Gasteiger partial charge in [-0.2, -0.15) is 0 Å². The van der Waals surface area contributed by atoms with Gasteiger partial charge in [0.05, 0.1) is 25.0 Å². The van der Waals surface area contributed by atoms with Crippen molar-refractivity contribution in [2.24, 2.45) is 0 Å². The number of amides is 1. The van der Waals surface area contributed by atoms with Gasteiger partial charge in [-0.1, -0.05) is 0 Å². The lowest BCUT2D eigenvalue weighted by molar-refractivity contribution is -0.121. The van der Waals surface area contributed by atoms with Crippen molar-refractivity contribution in [3.63, 3.8) is 0 Å². The molecule has 18 heavy (non-hydrogen) atoms. The summed E-state index contributed by atoms with van der Waals surface area (Å²) >= 11 is 0. The first-order chi connectivity index (χ1) is 8.67. The summed E-state index contributed by atoms with van der Waals surface area (Å²) in [7, 11) is 1.30. The monoisotopic (exact) mass is 251 g/mol. The van der Waals surface area contributed by atoms with E-state index in [0.29, 0.717) is 17.0 Å². The van der Waals surface area contributed by atoms with E-state index < -0.39 is 5.97 Å². The van der Waals surface area contributed by atoms with Gasteiger partial charge in [0.1, 0.15) is 5.75 Å². The van der Waals surface area contributed by atoms with Crippen molar-refractivity contribution in [1.82, 2.24) is 0 Å². The van der Waals surface area contributed by atoms with Crippen molar-refractivity contribution in [2.75, 3.05) is 31.8 Å². The molecule has 0 saturated heterocycles. The van der Waals surface area contributed by atoms with E-state index in [-0.39, 0.29) is 25.7 Å². The second kappa shape index (κ2) is 5.05. The number of aliphatic hydroxyl groups is 1. The zero-order chi connectivity index (χ0) is 13.1. The Morgan fingerprint density at radius 2 is 2.33 bits per heavy atom. The molecule has 1 aliphatic rings. The van der Waals surface area contributed by atoms with Crippen LogP contribution in [0.1, 0.15) is 10.4 Å². The van der Waals surface area contributed by atoms with Crippen LogP contribution >= 0.6 is 0 Å². The molecular formula is C12H13NO5. The summed E-state index contributed by atoms with van der Waals surface area (Å²) < 4.78 is 9.87. The molecule has 0 atom stereocenters. The molecule has 2 rings (SSSR count). The van der Waals surface area contributed by atoms with Crippen molar-refractivity contribution in [3.05, 3.63) is 23.8 Å². The second-order valence-corrected chi connectivity index (χ2v) is 3.73. The largest absolute Gasteiger partial charge is 0.482 e. The first-order valence-corrected chi connectivity index (χ1v) is 5.43. The number of esters is 1. The van der Waals surface area contributed by atoms with Gasteiger partial charge in [-0.05, 0) is 18.2 Å². The number of nitrogens with zero attached hydrogens (tertiary/aromatic N) is 1. The van der Waals surface area contributed by atoms with Crippen LogP contribution in [-0.4, -0.2) is 43.9 Å². The predicted molar refractivity (Wildman–Crippen MR) is 62.7 cm³/mol. The van der Waals surface area contributed by atoms with Crippen LogP contribution in [0.25, 0.3) is 0 Å². The highest BCUT2D eigenvalue weighted by molar-refractivity contribution is 5.99. The highest BCUT2D eigenvalue weighted by Crippen LogP contribution is 2.32. The average Bonchev–Trinajstić information content (AvgIpc) is 2.40. The number of fused-ring (bicyclic) bond motifs is 1. The molecule has 0 unspecified atom stereocenters. The third-order valence-electron chi connectivity index (χ3n) is 2.65. The van der Waals surface area contributed by atoms with E-state index in [2.05, 4.69) is 4.74 Å². The standard InChI is InChI=1S/C12H13NO5/c1-17-12(16)8-2-3-9-10(6-8)18-7-11(15)13(9)4-5-14/h2-3,6,14H,4-5,7H2,1H3. The number of rotatable bonds is 3. The van der Waals surface area contributed by atoms with Crippen molar-refractivity contribution in [1.29, 1.82) is 0 Å². The lowest BCUT2D eigenvalue weighted by Crippen LogP contribution is -2.40. The summed E-state index contributed by atoms with van der Waals surface area (Å²) in [5.41, 5.74) is 0.905. The third kappa shape index (κ3) is 2.14. The number of hydrogen-bond acceptors (Lipinski definition) is 5. The first-order valence-electron chi connectivity index (χ1n) is 5.43. The van der Waals surface area contributed by atoms with E-state index >= 15 is 0 Å². The van der Waals surface area contributed by atoms with Crippen LogP contribution in [-0.2, 0) is 9.53 Å². The van der Waals surface area contributed by atoms with E-state index in [1.54, 1.807) is 12.1 Å². The van der Waals surface area contributed by atoms with E-state index in [9.17, 15) is 9.59 Å². The van der Waals surface area contributed by atoms with Crippen LogP contribution < -0.4 is 9.64 Å². The summed E-state index contributed by atoms with van der Waals surface area (Å²) in [4.78, 5) is 24.4. The molecule has 6 nitrogen and oxygen atoms in total. The van der Waals surface area contributed by atoms with Gasteiger partial charge in [-0.25, -0.2) is 4.79 Å². The molecule has 1 N–H and O–H groups in total. The maximum absolute atomic E-state index is 11.6. The Hall–Kier alpha value is -2.08. The maximum Gasteiger partial charge on any atom is 0.337 e. The van der Waals surface area contributed by atoms with E-state index in [1.807, 2.05) is 0 Å². The Bertz CT molecular complexity index is 485. The number of carbonyl (C=O) groups excluding carboxylic acids is 2. The molecule has 96 valence electrons. The van der Waals surface area contributed by atoms with Gasteiger partial charge in [-0.3, -0.25) is 4.79 Å². The van der Waals surface area contributed by atoms with Crippen molar-refractivity contribution in [3.8, 4) is 5.75 Å². The van der Waals surface area contributed by atoms with Crippen LogP contribution in [0.4, 0.5) is 5.69 Å². The van der Waals surface area contributed by atoms with E-state index in [0.717, 1.165) is 0 Å². The summed E-state index contributed by atoms with van der Waals surface area (Å²) in [6.45, 7) is -0.0334. The van der Waals surface area contributed by atoms with Gasteiger partial charge in [0.25, 0.3) is 5.91 Å². The first kappa shape index (κ1) is 12.4. The topological polar surface area (TPSA) is 76.1 Å². The fourth-order valence-electron chi connectivity index (χ4n) is 1.79. The minimum absolute atomic E-state index is 0.0996. The van der Waals surface area contributed by atoms with Gasteiger partial charge >= 0.3 is 5.97 Å². The zero-order valence-corrected chi connectivity index (χ0v) is 9.88. The Morgan fingerprint density at radius 1 is 1.56 bits per heavy atom. The van der Waals surface area contributed by atoms with Gasteiger partial charge in [0.2, 0.25) is 0 Å². The van der Waals surface area contributed by atoms with Crippen LogP contribution in [0.2, 0.25) is 0 Å². The second-order valence-electron chi connectivity index (χ2n) is 3.73. The van der Waals surface area contributed by atoms with Gasteiger partial charge < -0.3 is 19.5 Å². The minimum Gasteiger partial charge on any atom is -0.482 e. The number of benzene rings is 1. The fraction of sp³-hybridized carbons (Fsp3) is 0.333. The number of methoxy groups -OCH3 is 1. The van der Waals surface area contributed by atoms with E-state index in [4.69, 9.17) is 9.84 Å². The molecule has 0 saturated carbocycles. The SMILES string of the molecule is COC(=O)c1ccc2c(c1)OCC(=O)N2CCO. The fourth-order valence-corrected chi connectivity index (χ4v) is 1.79. The van der Waals surface area contributed by atoms with Crippen molar-refractivity contribution in [2.45, 2.75) is 0 Å². The molecule has 1 heterocycles. The molecule has 6 heteroatoms. The lowest BCUT2D eigenvalue weighted by Gasteiger charge is -2.28. The predicted octanol–water partition coefficient (Wildman–Crippen LogP) is 0.191. The molecule has 1 aromatic rings. The van der Waals surface area contributed by atoms with Crippen LogP contribution in [0.5, 0.6) is 5.75 Å². The van der Waals surface area contributed by atoms with E-state index in [1.165, 1.54) is 18.1 Å².